The van der Waals surface area contributed by atoms with E-state index in [9.17, 15) is 4.79 Å². The summed E-state index contributed by atoms with van der Waals surface area (Å²) < 4.78 is 4.93. The van der Waals surface area contributed by atoms with Crippen LogP contribution in [-0.2, 0) is 9.53 Å². The molecule has 13 heavy (non-hydrogen) atoms. The lowest BCUT2D eigenvalue weighted by Gasteiger charge is -2.04. The predicted octanol–water partition coefficient (Wildman–Crippen LogP) is 2.40. The Labute approximate surface area is 81.0 Å². The van der Waals surface area contributed by atoms with Gasteiger partial charge < -0.3 is 4.74 Å². The van der Waals surface area contributed by atoms with E-state index >= 15 is 0 Å². The van der Waals surface area contributed by atoms with Gasteiger partial charge in [0.05, 0.1) is 6.61 Å². The number of hydrogen-bond donors (Lipinski definition) is 0. The van der Waals surface area contributed by atoms with Crippen LogP contribution in [0, 0.1) is 0 Å². The van der Waals surface area contributed by atoms with Crippen LogP contribution in [0.2, 0.25) is 19.1 Å². The molecule has 0 saturated carbocycles. The fraction of sp³-hybridized carbons (Fsp3) is 0.667. The summed E-state index contributed by atoms with van der Waals surface area (Å²) >= 11 is 0. The molecule has 0 spiro atoms. The molecule has 0 aliphatic rings. The summed E-state index contributed by atoms with van der Waals surface area (Å²) in [5, 5.41) is 0. The fourth-order valence-corrected chi connectivity index (χ4v) is 1.57. The summed E-state index contributed by atoms with van der Waals surface area (Å²) in [6, 6.07) is 1.20. The van der Waals surface area contributed by atoms with E-state index in [1.54, 1.807) is 6.92 Å². The van der Waals surface area contributed by atoms with Crippen molar-refractivity contribution in [2.24, 2.45) is 0 Å². The minimum atomic E-state index is -0.268. The summed E-state index contributed by atoms with van der Waals surface area (Å²) in [6.07, 6.45) is 0.986. The summed E-state index contributed by atoms with van der Waals surface area (Å²) in [4.78, 5) is 10.9. The average Bonchev–Trinajstić information content (AvgIpc) is 1.97. The lowest BCUT2D eigenvalue weighted by molar-refractivity contribution is -0.138. The van der Waals surface area contributed by atoms with Crippen LogP contribution in [0.15, 0.2) is 12.2 Å². The molecule has 0 N–H and O–H groups in total. The van der Waals surface area contributed by atoms with Crippen molar-refractivity contribution in [3.8, 4) is 0 Å². The molecule has 0 heterocycles. The van der Waals surface area contributed by atoms with Gasteiger partial charge in [-0.1, -0.05) is 25.7 Å². The number of rotatable bonds is 5. The highest BCUT2D eigenvalue weighted by Gasteiger charge is 2.02. The van der Waals surface area contributed by atoms with Crippen LogP contribution >= 0.6 is 0 Å². The highest BCUT2D eigenvalue weighted by molar-refractivity contribution is 6.55. The third kappa shape index (κ3) is 9.27. The van der Waals surface area contributed by atoms with E-state index in [0.29, 0.717) is 12.2 Å². The summed E-state index contributed by atoms with van der Waals surface area (Å²) in [6.45, 7) is 10.2. The third-order valence-electron chi connectivity index (χ3n) is 1.40. The van der Waals surface area contributed by atoms with Gasteiger partial charge in [0.1, 0.15) is 0 Å². The van der Waals surface area contributed by atoms with Gasteiger partial charge in [-0.05, 0) is 13.3 Å². The first kappa shape index (κ1) is 14.9. The monoisotopic (exact) mass is 205 g/mol. The Morgan fingerprint density at radius 2 is 2.00 bits per heavy atom. The molecule has 4 heteroatoms. The van der Waals surface area contributed by atoms with E-state index < -0.39 is 0 Å². The van der Waals surface area contributed by atoms with Crippen molar-refractivity contribution in [3.63, 3.8) is 0 Å². The van der Waals surface area contributed by atoms with Gasteiger partial charge in [-0.2, -0.15) is 0 Å². The third-order valence-corrected chi connectivity index (χ3v) is 2.76. The first-order chi connectivity index (χ1) is 5.54. The quantitative estimate of drug-likeness (QED) is 0.298. The van der Waals surface area contributed by atoms with Crippen molar-refractivity contribution in [1.29, 1.82) is 0 Å². The number of carbonyl (C=O) groups is 1. The van der Waals surface area contributed by atoms with E-state index in [0.717, 1.165) is 6.42 Å². The maximum absolute atomic E-state index is 10.9. The summed E-state index contributed by atoms with van der Waals surface area (Å²) in [5.41, 5.74) is 0.480. The Bertz CT molecular complexity index is 169. The second-order valence-electron chi connectivity index (χ2n) is 3.23. The largest absolute Gasteiger partial charge is 0.462 e. The maximum Gasteiger partial charge on any atom is 0.333 e. The van der Waals surface area contributed by atoms with Gasteiger partial charge in [0.2, 0.25) is 0 Å². The normalized spacial score (nSPS) is 9.23. The highest BCUT2D eigenvalue weighted by atomic mass is 28.3. The van der Waals surface area contributed by atoms with Gasteiger partial charge in [0.25, 0.3) is 0 Å². The molecular formula is C9H18FO2Si. The second kappa shape index (κ2) is 7.98. The van der Waals surface area contributed by atoms with Gasteiger partial charge in [0, 0.05) is 14.4 Å². The molecule has 77 valence electrons. The molecule has 0 amide bonds. The van der Waals surface area contributed by atoms with Crippen LogP contribution in [0.5, 0.6) is 0 Å². The lowest BCUT2D eigenvalue weighted by Crippen LogP contribution is -2.08. The average molecular weight is 205 g/mol. The minimum absolute atomic E-state index is 0. The first-order valence-electron chi connectivity index (χ1n) is 4.15. The molecule has 0 saturated heterocycles. The Balaban J connectivity index is 0. The minimum Gasteiger partial charge on any atom is -0.462 e. The number of hydrogen-bond acceptors (Lipinski definition) is 2. The van der Waals surface area contributed by atoms with Crippen molar-refractivity contribution < 1.29 is 14.2 Å². The van der Waals surface area contributed by atoms with Gasteiger partial charge >= 0.3 is 5.97 Å². The van der Waals surface area contributed by atoms with Crippen molar-refractivity contribution in [1.82, 2.24) is 0 Å². The smallest absolute Gasteiger partial charge is 0.333 e. The Morgan fingerprint density at radius 3 is 2.38 bits per heavy atom. The topological polar surface area (TPSA) is 26.3 Å². The Kier molecular flexibility index (Phi) is 9.12. The van der Waals surface area contributed by atoms with E-state index in [2.05, 4.69) is 19.7 Å². The maximum atomic E-state index is 10.9. The van der Waals surface area contributed by atoms with Crippen LogP contribution < -0.4 is 0 Å². The SMILES string of the molecule is C=C(C)C(=O)OCCC[Si](C)C.F. The van der Waals surface area contributed by atoms with E-state index in [1.807, 2.05) is 0 Å². The molecule has 2 nitrogen and oxygen atoms in total. The van der Waals surface area contributed by atoms with Crippen molar-refractivity contribution >= 4 is 14.8 Å². The summed E-state index contributed by atoms with van der Waals surface area (Å²) in [7, 11) is -0.166. The highest BCUT2D eigenvalue weighted by Crippen LogP contribution is 1.99. The molecule has 0 unspecified atom stereocenters. The molecule has 0 aromatic rings. The summed E-state index contributed by atoms with van der Waals surface area (Å²) in [5.74, 6) is -0.268. The van der Waals surface area contributed by atoms with E-state index in [1.165, 1.54) is 6.04 Å². The van der Waals surface area contributed by atoms with Crippen molar-refractivity contribution in [2.75, 3.05) is 6.61 Å². The molecule has 1 radical (unpaired) electrons. The zero-order valence-corrected chi connectivity index (χ0v) is 9.55. The second-order valence-corrected chi connectivity index (χ2v) is 6.14. The fourth-order valence-electron chi connectivity index (χ4n) is 0.714. The van der Waals surface area contributed by atoms with Crippen molar-refractivity contribution in [3.05, 3.63) is 12.2 Å². The molecule has 0 atom stereocenters. The molecule has 0 fully saturated rings. The van der Waals surface area contributed by atoms with Crippen molar-refractivity contribution in [2.45, 2.75) is 32.5 Å². The van der Waals surface area contributed by atoms with E-state index in [-0.39, 0.29) is 19.5 Å². The molecule has 0 aliphatic carbocycles. The number of carbonyl (C=O) groups excluding carboxylic acids is 1. The zero-order valence-electron chi connectivity index (χ0n) is 8.55. The van der Waals surface area contributed by atoms with Gasteiger partial charge in [-0.25, -0.2) is 4.79 Å². The number of halogens is 1. The van der Waals surface area contributed by atoms with Crippen LogP contribution in [-0.4, -0.2) is 21.4 Å². The van der Waals surface area contributed by atoms with Gasteiger partial charge in [-0.15, -0.1) is 0 Å². The molecule has 0 aromatic heterocycles. The molecule has 0 bridgehead atoms. The number of ether oxygens (including phenoxy) is 1. The van der Waals surface area contributed by atoms with Crippen LogP contribution in [0.3, 0.4) is 0 Å². The van der Waals surface area contributed by atoms with Crippen LogP contribution in [0.25, 0.3) is 0 Å². The van der Waals surface area contributed by atoms with Gasteiger partial charge in [-0.3, -0.25) is 4.70 Å². The van der Waals surface area contributed by atoms with Crippen LogP contribution in [0.1, 0.15) is 13.3 Å². The number of esters is 1. The molecular weight excluding hydrogens is 187 g/mol. The van der Waals surface area contributed by atoms with Crippen LogP contribution in [0.4, 0.5) is 4.70 Å². The Hall–Kier alpha value is -0.643. The lowest BCUT2D eigenvalue weighted by atomic mass is 10.4. The predicted molar refractivity (Wildman–Crippen MR) is 55.2 cm³/mol. The molecule has 0 rings (SSSR count). The first-order valence-corrected chi connectivity index (χ1v) is 6.86. The van der Waals surface area contributed by atoms with Gasteiger partial charge in [0.15, 0.2) is 0 Å². The molecule has 0 aromatic carbocycles. The standard InChI is InChI=1S/C9H17O2Si.FH/c1-8(2)9(10)11-6-5-7-12(3)4;/h1,5-7H2,2-4H3;1H. The molecule has 0 aliphatic heterocycles. The zero-order chi connectivity index (χ0) is 9.56. The van der Waals surface area contributed by atoms with E-state index in [4.69, 9.17) is 4.74 Å². The Morgan fingerprint density at radius 1 is 1.46 bits per heavy atom.